The summed E-state index contributed by atoms with van der Waals surface area (Å²) in [5, 5.41) is 0. The Bertz CT molecular complexity index is 1010. The molecule has 0 bridgehead atoms. The zero-order chi connectivity index (χ0) is 22.0. The molecule has 2 aromatic carbocycles. The lowest BCUT2D eigenvalue weighted by Crippen LogP contribution is -2.43. The summed E-state index contributed by atoms with van der Waals surface area (Å²) in [6, 6.07) is 14.4. The van der Waals surface area contributed by atoms with Crippen molar-refractivity contribution in [3.63, 3.8) is 0 Å². The number of benzene rings is 2. The van der Waals surface area contributed by atoms with Crippen LogP contribution in [-0.4, -0.2) is 45.0 Å². The summed E-state index contributed by atoms with van der Waals surface area (Å²) in [5.41, 5.74) is 1.54. The van der Waals surface area contributed by atoms with Gasteiger partial charge in [-0.25, -0.2) is 8.42 Å². The van der Waals surface area contributed by atoms with E-state index in [9.17, 15) is 13.2 Å². The number of sulfonamides is 1. The lowest BCUT2D eigenvalue weighted by molar-refractivity contribution is -0.136. The van der Waals surface area contributed by atoms with Crippen LogP contribution >= 0.6 is 0 Å². The van der Waals surface area contributed by atoms with E-state index in [2.05, 4.69) is 4.90 Å². The molecule has 2 fully saturated rings. The number of amides is 1. The van der Waals surface area contributed by atoms with E-state index in [0.717, 1.165) is 31.2 Å². The molecule has 0 aromatic heterocycles. The Labute approximate surface area is 184 Å². The third kappa shape index (κ3) is 4.87. The highest BCUT2D eigenvalue weighted by Gasteiger charge is 2.38. The minimum absolute atomic E-state index is 0.0177. The third-order valence-electron chi connectivity index (χ3n) is 6.19. The Hall–Kier alpha value is -2.54. The van der Waals surface area contributed by atoms with Crippen molar-refractivity contribution in [2.45, 2.75) is 62.4 Å². The van der Waals surface area contributed by atoms with Gasteiger partial charge >= 0.3 is 0 Å². The van der Waals surface area contributed by atoms with E-state index in [1.807, 2.05) is 6.92 Å². The minimum Gasteiger partial charge on any atom is -0.484 e. The van der Waals surface area contributed by atoms with Gasteiger partial charge in [0.15, 0.2) is 6.61 Å². The van der Waals surface area contributed by atoms with E-state index in [-0.39, 0.29) is 17.4 Å². The summed E-state index contributed by atoms with van der Waals surface area (Å²) in [6.07, 6.45) is 6.78. The fourth-order valence-corrected chi connectivity index (χ4v) is 5.42. The van der Waals surface area contributed by atoms with Crippen molar-refractivity contribution in [2.75, 3.05) is 18.0 Å². The van der Waals surface area contributed by atoms with Crippen molar-refractivity contribution in [1.82, 2.24) is 4.90 Å². The van der Waals surface area contributed by atoms with Gasteiger partial charge in [-0.1, -0.05) is 30.5 Å². The fraction of sp³-hybridized carbons (Fsp3) is 0.458. The van der Waals surface area contributed by atoms with E-state index >= 15 is 0 Å². The molecule has 0 atom stereocenters. The summed E-state index contributed by atoms with van der Waals surface area (Å²) in [7, 11) is -2.11. The van der Waals surface area contributed by atoms with Crippen LogP contribution in [0.5, 0.6) is 5.75 Å². The maximum atomic E-state index is 12.9. The normalized spacial score (nSPS) is 16.8. The van der Waals surface area contributed by atoms with Crippen molar-refractivity contribution < 1.29 is 17.9 Å². The molecule has 6 nitrogen and oxygen atoms in total. The van der Waals surface area contributed by atoms with Gasteiger partial charge in [-0.15, -0.1) is 0 Å². The highest BCUT2D eigenvalue weighted by molar-refractivity contribution is 7.92. The molecular weight excluding hydrogens is 412 g/mol. The van der Waals surface area contributed by atoms with Crippen LogP contribution in [-0.2, 0) is 14.8 Å². The Balaban J connectivity index is 1.38. The maximum absolute atomic E-state index is 12.9. The van der Waals surface area contributed by atoms with Crippen LogP contribution < -0.4 is 9.04 Å². The Morgan fingerprint density at radius 3 is 2.10 bits per heavy atom. The standard InChI is InChI=1S/C24H30N2O4S/c1-18-7-15-23(16-8-18)31(28,29)25(2)19-11-13-22(14-12-19)30-17-24(27)26(21-9-10-21)20-5-3-4-6-20/h7-8,11-16,20-21H,3-6,9-10,17H2,1-2H3. The van der Waals surface area contributed by atoms with Crippen molar-refractivity contribution in [1.29, 1.82) is 0 Å². The predicted molar refractivity (Wildman–Crippen MR) is 121 cm³/mol. The van der Waals surface area contributed by atoms with Crippen LogP contribution in [0.2, 0.25) is 0 Å². The van der Waals surface area contributed by atoms with E-state index in [0.29, 0.717) is 23.5 Å². The van der Waals surface area contributed by atoms with Crippen molar-refractivity contribution in [3.05, 3.63) is 54.1 Å². The highest BCUT2D eigenvalue weighted by Crippen LogP contribution is 2.34. The maximum Gasteiger partial charge on any atom is 0.264 e. The van der Waals surface area contributed by atoms with Gasteiger partial charge in [0.25, 0.3) is 15.9 Å². The predicted octanol–water partition coefficient (Wildman–Crippen LogP) is 4.13. The van der Waals surface area contributed by atoms with Crippen molar-refractivity contribution in [3.8, 4) is 5.75 Å². The summed E-state index contributed by atoms with van der Waals surface area (Å²) in [5.74, 6) is 0.609. The first-order valence-electron chi connectivity index (χ1n) is 11.0. The number of carbonyl (C=O) groups is 1. The lowest BCUT2D eigenvalue weighted by atomic mass is 10.2. The molecule has 0 N–H and O–H groups in total. The van der Waals surface area contributed by atoms with Gasteiger partial charge in [0.1, 0.15) is 5.75 Å². The Morgan fingerprint density at radius 1 is 0.935 bits per heavy atom. The second-order valence-corrected chi connectivity index (χ2v) is 10.5. The quantitative estimate of drug-likeness (QED) is 0.616. The molecule has 0 spiro atoms. The Kier molecular flexibility index (Phi) is 6.23. The smallest absolute Gasteiger partial charge is 0.264 e. The van der Waals surface area contributed by atoms with E-state index in [1.54, 1.807) is 48.5 Å². The van der Waals surface area contributed by atoms with Gasteiger partial charge in [-0.2, -0.15) is 0 Å². The first-order chi connectivity index (χ1) is 14.9. The molecule has 0 unspecified atom stereocenters. The molecule has 0 heterocycles. The third-order valence-corrected chi connectivity index (χ3v) is 7.99. The van der Waals surface area contributed by atoms with Gasteiger partial charge in [-0.05, 0) is 69.0 Å². The lowest BCUT2D eigenvalue weighted by Gasteiger charge is -2.29. The monoisotopic (exact) mass is 442 g/mol. The van der Waals surface area contributed by atoms with Crippen LogP contribution in [0.4, 0.5) is 5.69 Å². The average molecular weight is 443 g/mol. The molecule has 2 aliphatic carbocycles. The molecule has 0 aliphatic heterocycles. The Morgan fingerprint density at radius 2 is 1.52 bits per heavy atom. The molecule has 7 heteroatoms. The van der Waals surface area contributed by atoms with Crippen LogP contribution in [0.15, 0.2) is 53.4 Å². The topological polar surface area (TPSA) is 66.9 Å². The van der Waals surface area contributed by atoms with E-state index in [1.165, 1.54) is 24.2 Å². The number of carbonyl (C=O) groups excluding carboxylic acids is 1. The average Bonchev–Trinajstić information content (AvgIpc) is 3.45. The highest BCUT2D eigenvalue weighted by atomic mass is 32.2. The first kappa shape index (κ1) is 21.7. The van der Waals surface area contributed by atoms with Crippen LogP contribution in [0.1, 0.15) is 44.1 Å². The summed E-state index contributed by atoms with van der Waals surface area (Å²) < 4.78 is 32.7. The molecule has 2 aromatic rings. The fourth-order valence-electron chi connectivity index (χ4n) is 4.22. The number of ether oxygens (including phenoxy) is 1. The first-order valence-corrected chi connectivity index (χ1v) is 12.4. The largest absolute Gasteiger partial charge is 0.484 e. The zero-order valence-corrected chi connectivity index (χ0v) is 19.0. The molecule has 0 radical (unpaired) electrons. The molecule has 1 amide bonds. The van der Waals surface area contributed by atoms with Crippen LogP contribution in [0.25, 0.3) is 0 Å². The van der Waals surface area contributed by atoms with Gasteiger partial charge in [0.05, 0.1) is 10.6 Å². The molecule has 2 aliphatic rings. The van der Waals surface area contributed by atoms with E-state index < -0.39 is 10.0 Å². The second-order valence-electron chi connectivity index (χ2n) is 8.54. The number of hydrogen-bond donors (Lipinski definition) is 0. The van der Waals surface area contributed by atoms with Gasteiger partial charge in [0, 0.05) is 19.1 Å². The number of nitrogens with zero attached hydrogens (tertiary/aromatic N) is 2. The molecular formula is C24H30N2O4S. The van der Waals surface area contributed by atoms with Crippen LogP contribution in [0.3, 0.4) is 0 Å². The molecule has 4 rings (SSSR count). The van der Waals surface area contributed by atoms with Crippen LogP contribution in [0, 0.1) is 6.92 Å². The summed E-state index contributed by atoms with van der Waals surface area (Å²) in [6.45, 7) is 1.94. The number of aryl methyl sites for hydroxylation is 1. The van der Waals surface area contributed by atoms with Gasteiger partial charge in [0.2, 0.25) is 0 Å². The van der Waals surface area contributed by atoms with Crippen molar-refractivity contribution in [2.24, 2.45) is 0 Å². The number of rotatable bonds is 8. The summed E-state index contributed by atoms with van der Waals surface area (Å²) in [4.78, 5) is 15.1. The summed E-state index contributed by atoms with van der Waals surface area (Å²) >= 11 is 0. The SMILES string of the molecule is Cc1ccc(S(=O)(=O)N(C)c2ccc(OCC(=O)N(C3CCCC3)C3CC3)cc2)cc1. The number of hydrogen-bond acceptors (Lipinski definition) is 4. The molecule has 2 saturated carbocycles. The minimum atomic E-state index is -3.64. The molecule has 31 heavy (non-hydrogen) atoms. The van der Waals surface area contributed by atoms with Gasteiger partial charge in [-0.3, -0.25) is 9.10 Å². The molecule has 0 saturated heterocycles. The van der Waals surface area contributed by atoms with Gasteiger partial charge < -0.3 is 9.64 Å². The van der Waals surface area contributed by atoms with Crippen molar-refractivity contribution >= 4 is 21.6 Å². The van der Waals surface area contributed by atoms with E-state index in [4.69, 9.17) is 4.74 Å². The second kappa shape index (κ2) is 8.91. The molecule has 166 valence electrons. The number of anilines is 1. The zero-order valence-electron chi connectivity index (χ0n) is 18.2.